The van der Waals surface area contributed by atoms with Crippen molar-refractivity contribution in [2.75, 3.05) is 20.2 Å². The molecule has 0 aromatic heterocycles. The maximum absolute atomic E-state index is 11.5. The molecule has 1 saturated heterocycles. The summed E-state index contributed by atoms with van der Waals surface area (Å²) in [7, 11) is 1.71. The monoisotopic (exact) mass is 489 g/mol. The number of methoxy groups -OCH3 is 1. The molecule has 5 atom stereocenters. The van der Waals surface area contributed by atoms with Crippen molar-refractivity contribution in [3.63, 3.8) is 0 Å². The van der Waals surface area contributed by atoms with Crippen molar-refractivity contribution < 1.29 is 19.7 Å². The minimum atomic E-state index is -1.07. The first-order valence-electron chi connectivity index (χ1n) is 13.5. The van der Waals surface area contributed by atoms with E-state index in [1.54, 1.807) is 13.2 Å². The highest BCUT2D eigenvalue weighted by molar-refractivity contribution is 5.60. The molecule has 192 valence electrons. The Morgan fingerprint density at radius 1 is 1.28 bits per heavy atom. The van der Waals surface area contributed by atoms with E-state index in [0.29, 0.717) is 18.2 Å². The molecule has 2 fully saturated rings. The molecule has 2 heterocycles. The molecule has 2 N–H and O–H groups in total. The van der Waals surface area contributed by atoms with Gasteiger partial charge in [-0.25, -0.2) is 0 Å². The molecule has 2 aromatic rings. The van der Waals surface area contributed by atoms with E-state index in [2.05, 4.69) is 17.5 Å². The summed E-state index contributed by atoms with van der Waals surface area (Å²) in [5, 5.41) is 22.3. The number of piperidine rings is 1. The molecule has 0 radical (unpaired) electrons. The standard InChI is InChI=1S/C31H39NO4/c1-19-7-5-6-8-24(19)30(3,34)16-20(2)27(35-4)29-31-13-14-32(18-21-9-10-21)23(17-31)15-22-11-12-25(33)28(36-29)26(22)31/h5-8,11-12,21,23,27,29,33-34H,2,9-10,13-18H2,1,3-4H3/t23-,27?,29+,30?,31+/m1/s1. The summed E-state index contributed by atoms with van der Waals surface area (Å²) in [5.74, 6) is 1.70. The summed E-state index contributed by atoms with van der Waals surface area (Å²) >= 11 is 0. The fourth-order valence-electron chi connectivity index (χ4n) is 7.49. The maximum atomic E-state index is 11.5. The molecule has 1 saturated carbocycles. The number of aliphatic hydroxyl groups is 1. The lowest BCUT2D eigenvalue weighted by molar-refractivity contribution is -0.0432. The van der Waals surface area contributed by atoms with Crippen LogP contribution in [0.1, 0.15) is 61.3 Å². The molecule has 6 rings (SSSR count). The molecule has 36 heavy (non-hydrogen) atoms. The van der Waals surface area contributed by atoms with Crippen LogP contribution < -0.4 is 4.74 Å². The van der Waals surface area contributed by atoms with Crippen LogP contribution in [0.15, 0.2) is 48.6 Å². The van der Waals surface area contributed by atoms with Crippen molar-refractivity contribution in [3.8, 4) is 11.5 Å². The number of phenols is 1. The maximum Gasteiger partial charge on any atom is 0.165 e. The molecular weight excluding hydrogens is 450 g/mol. The van der Waals surface area contributed by atoms with Gasteiger partial charge in [0.15, 0.2) is 11.5 Å². The Bertz CT molecular complexity index is 1190. The number of rotatable bonds is 8. The van der Waals surface area contributed by atoms with E-state index in [9.17, 15) is 10.2 Å². The van der Waals surface area contributed by atoms with E-state index in [0.717, 1.165) is 48.4 Å². The van der Waals surface area contributed by atoms with Gasteiger partial charge in [0.2, 0.25) is 0 Å². The highest BCUT2D eigenvalue weighted by Crippen LogP contribution is 2.59. The lowest BCUT2D eigenvalue weighted by Gasteiger charge is -2.51. The lowest BCUT2D eigenvalue weighted by Crippen LogP contribution is -2.59. The highest BCUT2D eigenvalue weighted by atomic mass is 16.5. The molecule has 5 nitrogen and oxygen atoms in total. The van der Waals surface area contributed by atoms with Gasteiger partial charge in [-0.1, -0.05) is 36.9 Å². The SMILES string of the molecule is C=C(CC(C)(O)c1ccccc1C)C(OC)[C@@H]1Oc2c(O)ccc3c2[C@@]12CCN(CC1CC1)[C@H](C3)C2. The highest BCUT2D eigenvalue weighted by Gasteiger charge is 2.60. The number of fused-ring (bicyclic) bond motifs is 1. The van der Waals surface area contributed by atoms with Gasteiger partial charge in [0.05, 0.1) is 5.60 Å². The van der Waals surface area contributed by atoms with E-state index >= 15 is 0 Å². The minimum Gasteiger partial charge on any atom is -0.504 e. The molecule has 2 bridgehead atoms. The molecule has 4 aliphatic rings. The predicted molar refractivity (Wildman–Crippen MR) is 141 cm³/mol. The zero-order chi connectivity index (χ0) is 25.2. The summed E-state index contributed by atoms with van der Waals surface area (Å²) in [6.45, 7) is 10.6. The molecule has 1 spiro atoms. The van der Waals surface area contributed by atoms with Crippen LogP contribution >= 0.6 is 0 Å². The predicted octanol–water partition coefficient (Wildman–Crippen LogP) is 5.00. The van der Waals surface area contributed by atoms with Gasteiger partial charge < -0.3 is 19.7 Å². The largest absolute Gasteiger partial charge is 0.504 e. The van der Waals surface area contributed by atoms with Crippen LogP contribution in [-0.2, 0) is 22.2 Å². The van der Waals surface area contributed by atoms with Gasteiger partial charge in [0, 0.05) is 37.1 Å². The minimum absolute atomic E-state index is 0.210. The van der Waals surface area contributed by atoms with Crippen molar-refractivity contribution in [1.29, 1.82) is 0 Å². The summed E-state index contributed by atoms with van der Waals surface area (Å²) in [6, 6.07) is 12.3. The van der Waals surface area contributed by atoms with Crippen LogP contribution in [-0.4, -0.2) is 53.6 Å². The van der Waals surface area contributed by atoms with E-state index in [1.165, 1.54) is 30.5 Å². The average Bonchev–Trinajstić information content (AvgIpc) is 3.60. The third-order valence-electron chi connectivity index (χ3n) is 9.34. The van der Waals surface area contributed by atoms with Crippen LogP contribution in [0.25, 0.3) is 0 Å². The Labute approximate surface area is 214 Å². The zero-order valence-corrected chi connectivity index (χ0v) is 21.8. The van der Waals surface area contributed by atoms with Crippen LogP contribution in [0.5, 0.6) is 11.5 Å². The topological polar surface area (TPSA) is 62.2 Å². The quantitative estimate of drug-likeness (QED) is 0.511. The fourth-order valence-corrected chi connectivity index (χ4v) is 7.49. The van der Waals surface area contributed by atoms with Gasteiger partial charge in [0.25, 0.3) is 0 Å². The van der Waals surface area contributed by atoms with Crippen LogP contribution in [0, 0.1) is 12.8 Å². The first kappa shape index (κ1) is 24.0. The molecule has 5 heteroatoms. The molecule has 0 amide bonds. The number of aromatic hydroxyl groups is 1. The van der Waals surface area contributed by atoms with Crippen molar-refractivity contribution in [2.24, 2.45) is 5.92 Å². The number of aryl methyl sites for hydroxylation is 1. The Morgan fingerprint density at radius 3 is 2.78 bits per heavy atom. The van der Waals surface area contributed by atoms with Crippen LogP contribution in [0.2, 0.25) is 0 Å². The Morgan fingerprint density at radius 2 is 2.06 bits per heavy atom. The summed E-state index contributed by atoms with van der Waals surface area (Å²) < 4.78 is 12.8. The molecule has 2 aromatic carbocycles. The number of nitrogens with zero attached hydrogens (tertiary/aromatic N) is 1. The second kappa shape index (κ2) is 8.61. The molecule has 2 aliphatic carbocycles. The number of likely N-dealkylation sites (tertiary alicyclic amines) is 1. The van der Waals surface area contributed by atoms with Crippen LogP contribution in [0.4, 0.5) is 0 Å². The zero-order valence-electron chi connectivity index (χ0n) is 21.8. The Balaban J connectivity index is 1.33. The lowest BCUT2D eigenvalue weighted by atomic mass is 9.60. The molecule has 2 aliphatic heterocycles. The van der Waals surface area contributed by atoms with Gasteiger partial charge in [-0.3, -0.25) is 4.90 Å². The molecular formula is C31H39NO4. The average molecular weight is 490 g/mol. The second-order valence-corrected chi connectivity index (χ2v) is 12.0. The number of benzene rings is 2. The van der Waals surface area contributed by atoms with Gasteiger partial charge in [0.1, 0.15) is 12.2 Å². The number of hydrogen-bond donors (Lipinski definition) is 2. The third-order valence-corrected chi connectivity index (χ3v) is 9.34. The van der Waals surface area contributed by atoms with Gasteiger partial charge in [-0.15, -0.1) is 0 Å². The van der Waals surface area contributed by atoms with Crippen molar-refractivity contribution in [3.05, 3.63) is 70.8 Å². The fraction of sp³-hybridized carbons (Fsp3) is 0.548. The summed E-state index contributed by atoms with van der Waals surface area (Å²) in [5.41, 5.74) is 3.98. The first-order chi connectivity index (χ1) is 17.2. The van der Waals surface area contributed by atoms with Crippen LogP contribution in [0.3, 0.4) is 0 Å². The van der Waals surface area contributed by atoms with Gasteiger partial charge in [-0.05, 0) is 86.7 Å². The smallest absolute Gasteiger partial charge is 0.165 e. The number of hydrogen-bond acceptors (Lipinski definition) is 5. The number of ether oxygens (including phenoxy) is 2. The second-order valence-electron chi connectivity index (χ2n) is 12.0. The van der Waals surface area contributed by atoms with Crippen molar-refractivity contribution in [2.45, 2.75) is 81.6 Å². The first-order valence-corrected chi connectivity index (χ1v) is 13.5. The Kier molecular flexibility index (Phi) is 5.75. The summed E-state index contributed by atoms with van der Waals surface area (Å²) in [6.07, 6.45) is 5.42. The van der Waals surface area contributed by atoms with Gasteiger partial charge in [-0.2, -0.15) is 0 Å². The number of phenolic OH excluding ortho intramolecular Hbond substituents is 1. The van der Waals surface area contributed by atoms with Crippen molar-refractivity contribution in [1.82, 2.24) is 4.90 Å². The Hall–Kier alpha value is -2.34. The third kappa shape index (κ3) is 3.79. The molecule has 2 unspecified atom stereocenters. The summed E-state index contributed by atoms with van der Waals surface area (Å²) in [4.78, 5) is 2.70. The van der Waals surface area contributed by atoms with E-state index in [-0.39, 0.29) is 17.3 Å². The normalized spacial score (nSPS) is 29.2. The van der Waals surface area contributed by atoms with Crippen molar-refractivity contribution >= 4 is 0 Å². The van der Waals surface area contributed by atoms with E-state index < -0.39 is 11.7 Å². The van der Waals surface area contributed by atoms with E-state index in [1.807, 2.05) is 38.1 Å². The van der Waals surface area contributed by atoms with Gasteiger partial charge >= 0.3 is 0 Å². The van der Waals surface area contributed by atoms with E-state index in [4.69, 9.17) is 9.47 Å².